The first-order valence-corrected chi connectivity index (χ1v) is 6.05. The molecule has 0 N–H and O–H groups in total. The highest BCUT2D eigenvalue weighted by Crippen LogP contribution is 2.34. The van der Waals surface area contributed by atoms with Crippen LogP contribution in [0.1, 0.15) is 5.76 Å². The third-order valence-corrected chi connectivity index (χ3v) is 3.87. The van der Waals surface area contributed by atoms with Gasteiger partial charge >= 0.3 is 0 Å². The van der Waals surface area contributed by atoms with Gasteiger partial charge in [-0.05, 0) is 40.5 Å². The Morgan fingerprint density at radius 1 is 1.53 bits per heavy atom. The summed E-state index contributed by atoms with van der Waals surface area (Å²) in [4.78, 5) is 9.00. The highest BCUT2D eigenvalue weighted by atomic mass is 79.9. The quantitative estimate of drug-likeness (QED) is 0.622. The van der Waals surface area contributed by atoms with Gasteiger partial charge in [0.2, 0.25) is 5.28 Å². The van der Waals surface area contributed by atoms with Crippen LogP contribution in [0, 0.1) is 6.92 Å². The summed E-state index contributed by atoms with van der Waals surface area (Å²) in [6, 6.07) is 1.89. The number of nitrogens with zero attached hydrogens (tertiary/aromatic N) is 2. The minimum atomic E-state index is 0.238. The number of hydrogen-bond donors (Lipinski definition) is 0. The fourth-order valence-electron chi connectivity index (χ4n) is 0.986. The first-order valence-electron chi connectivity index (χ1n) is 4.07. The lowest BCUT2D eigenvalue weighted by molar-refractivity contribution is 0.527. The van der Waals surface area contributed by atoms with Crippen molar-refractivity contribution in [3.8, 4) is 0 Å². The summed E-state index contributed by atoms with van der Waals surface area (Å²) in [5.74, 6) is 0.863. The normalized spacial score (nSPS) is 10.6. The van der Waals surface area contributed by atoms with Crippen LogP contribution in [0.3, 0.4) is 0 Å². The molecule has 78 valence electrons. The van der Waals surface area contributed by atoms with E-state index in [1.165, 1.54) is 11.8 Å². The molecule has 2 aromatic rings. The van der Waals surface area contributed by atoms with E-state index in [1.54, 1.807) is 12.5 Å². The zero-order valence-electron chi connectivity index (χ0n) is 7.70. The molecule has 0 amide bonds. The van der Waals surface area contributed by atoms with E-state index in [4.69, 9.17) is 16.0 Å². The molecule has 0 aliphatic heterocycles. The predicted molar refractivity (Wildman–Crippen MR) is 62.3 cm³/mol. The molecule has 0 unspecified atom stereocenters. The molecule has 0 saturated carbocycles. The Hall–Kier alpha value is -0.520. The van der Waals surface area contributed by atoms with Gasteiger partial charge in [0.15, 0.2) is 0 Å². The van der Waals surface area contributed by atoms with Crippen LogP contribution in [0.4, 0.5) is 0 Å². The molecule has 0 aliphatic carbocycles. The first-order chi connectivity index (χ1) is 7.16. The number of halogens is 2. The van der Waals surface area contributed by atoms with Gasteiger partial charge in [-0.1, -0.05) is 11.8 Å². The van der Waals surface area contributed by atoms with Crippen LogP contribution in [0.5, 0.6) is 0 Å². The summed E-state index contributed by atoms with van der Waals surface area (Å²) in [7, 11) is 0. The van der Waals surface area contributed by atoms with Gasteiger partial charge in [-0.15, -0.1) is 0 Å². The molecule has 0 radical (unpaired) electrons. The Kier molecular flexibility index (Phi) is 3.33. The van der Waals surface area contributed by atoms with Crippen molar-refractivity contribution in [1.29, 1.82) is 0 Å². The van der Waals surface area contributed by atoms with E-state index in [0.717, 1.165) is 20.2 Å². The molecule has 0 spiro atoms. The molecule has 2 rings (SSSR count). The van der Waals surface area contributed by atoms with E-state index < -0.39 is 0 Å². The highest BCUT2D eigenvalue weighted by molar-refractivity contribution is 9.10. The fourth-order valence-corrected chi connectivity index (χ4v) is 2.41. The van der Waals surface area contributed by atoms with Crippen LogP contribution >= 0.6 is 39.3 Å². The molecular formula is C9H6BrClN2OS. The van der Waals surface area contributed by atoms with E-state index in [2.05, 4.69) is 25.9 Å². The van der Waals surface area contributed by atoms with E-state index in [0.29, 0.717) is 0 Å². The van der Waals surface area contributed by atoms with Crippen LogP contribution in [0.15, 0.2) is 37.3 Å². The highest BCUT2D eigenvalue weighted by Gasteiger charge is 2.09. The summed E-state index contributed by atoms with van der Waals surface area (Å²) >= 11 is 10.6. The van der Waals surface area contributed by atoms with Gasteiger partial charge in [-0.2, -0.15) is 0 Å². The van der Waals surface area contributed by atoms with Crippen LogP contribution in [0.2, 0.25) is 5.28 Å². The number of hydrogen-bond acceptors (Lipinski definition) is 4. The van der Waals surface area contributed by atoms with Crippen LogP contribution in [-0.4, -0.2) is 9.97 Å². The van der Waals surface area contributed by atoms with Gasteiger partial charge in [0.25, 0.3) is 0 Å². The maximum Gasteiger partial charge on any atom is 0.223 e. The Bertz CT molecular complexity index is 489. The van der Waals surface area contributed by atoms with Crippen molar-refractivity contribution in [2.75, 3.05) is 0 Å². The maximum absolute atomic E-state index is 5.72. The SMILES string of the molecule is Cc1occc1Sc1nc(Cl)ncc1Br. The second-order valence-corrected chi connectivity index (χ2v) is 4.96. The Morgan fingerprint density at radius 2 is 2.33 bits per heavy atom. The molecule has 15 heavy (non-hydrogen) atoms. The van der Waals surface area contributed by atoms with E-state index in [9.17, 15) is 0 Å². The van der Waals surface area contributed by atoms with Gasteiger partial charge in [-0.25, -0.2) is 9.97 Å². The lowest BCUT2D eigenvalue weighted by Gasteiger charge is -2.01. The fraction of sp³-hybridized carbons (Fsp3) is 0.111. The smallest absolute Gasteiger partial charge is 0.223 e. The lowest BCUT2D eigenvalue weighted by atomic mass is 10.5. The minimum absolute atomic E-state index is 0.238. The summed E-state index contributed by atoms with van der Waals surface area (Å²) in [6.07, 6.45) is 3.28. The third-order valence-electron chi connectivity index (χ3n) is 1.70. The van der Waals surface area contributed by atoms with Gasteiger partial charge in [0.05, 0.1) is 15.6 Å². The van der Waals surface area contributed by atoms with Crippen molar-refractivity contribution in [3.63, 3.8) is 0 Å². The third kappa shape index (κ3) is 2.53. The molecule has 0 saturated heterocycles. The molecule has 0 atom stereocenters. The van der Waals surface area contributed by atoms with Crippen molar-refractivity contribution in [2.45, 2.75) is 16.8 Å². The van der Waals surface area contributed by atoms with E-state index >= 15 is 0 Å². The summed E-state index contributed by atoms with van der Waals surface area (Å²) < 4.78 is 6.01. The Morgan fingerprint density at radius 3 is 3.00 bits per heavy atom. The van der Waals surface area contributed by atoms with Crippen molar-refractivity contribution in [1.82, 2.24) is 9.97 Å². The number of rotatable bonds is 2. The summed E-state index contributed by atoms with van der Waals surface area (Å²) in [5, 5.41) is 1.02. The molecule has 2 heterocycles. The average molecular weight is 306 g/mol. The molecular weight excluding hydrogens is 300 g/mol. The molecule has 0 bridgehead atoms. The van der Waals surface area contributed by atoms with Crippen LogP contribution in [0.25, 0.3) is 0 Å². The van der Waals surface area contributed by atoms with E-state index in [1.807, 2.05) is 13.0 Å². The van der Waals surface area contributed by atoms with Crippen LogP contribution < -0.4 is 0 Å². The van der Waals surface area contributed by atoms with Gasteiger partial charge in [0.1, 0.15) is 10.8 Å². The minimum Gasteiger partial charge on any atom is -0.468 e. The van der Waals surface area contributed by atoms with Crippen molar-refractivity contribution >= 4 is 39.3 Å². The summed E-state index contributed by atoms with van der Waals surface area (Å²) in [6.45, 7) is 1.90. The number of furan rings is 1. The Labute approximate surface area is 104 Å². The van der Waals surface area contributed by atoms with E-state index in [-0.39, 0.29) is 5.28 Å². The topological polar surface area (TPSA) is 38.9 Å². The largest absolute Gasteiger partial charge is 0.468 e. The monoisotopic (exact) mass is 304 g/mol. The van der Waals surface area contributed by atoms with Crippen molar-refractivity contribution in [3.05, 3.63) is 34.0 Å². The standard InChI is InChI=1S/C9H6BrClN2OS/c1-5-7(2-3-14-5)15-8-6(10)4-12-9(11)13-8/h2-4H,1H3. The summed E-state index contributed by atoms with van der Waals surface area (Å²) in [5.41, 5.74) is 0. The Balaban J connectivity index is 2.32. The second kappa shape index (κ2) is 4.55. The number of aromatic nitrogens is 2. The van der Waals surface area contributed by atoms with Crippen molar-refractivity contribution in [2.24, 2.45) is 0 Å². The average Bonchev–Trinajstić information content (AvgIpc) is 2.58. The van der Waals surface area contributed by atoms with Gasteiger partial charge in [-0.3, -0.25) is 0 Å². The second-order valence-electron chi connectivity index (χ2n) is 2.74. The molecule has 0 aliphatic rings. The molecule has 2 aromatic heterocycles. The predicted octanol–water partition coefficient (Wildman–Crippen LogP) is 3.95. The molecule has 0 aromatic carbocycles. The maximum atomic E-state index is 5.72. The van der Waals surface area contributed by atoms with Gasteiger partial charge in [0, 0.05) is 6.20 Å². The molecule has 0 fully saturated rings. The zero-order chi connectivity index (χ0) is 10.8. The van der Waals surface area contributed by atoms with Crippen molar-refractivity contribution < 1.29 is 4.42 Å². The molecule has 6 heteroatoms. The molecule has 3 nitrogen and oxygen atoms in total. The number of aryl methyl sites for hydroxylation is 1. The zero-order valence-corrected chi connectivity index (χ0v) is 10.9. The lowest BCUT2D eigenvalue weighted by Crippen LogP contribution is -1.86. The first kappa shape index (κ1) is 11.0. The van der Waals surface area contributed by atoms with Gasteiger partial charge < -0.3 is 4.42 Å². The van der Waals surface area contributed by atoms with Crippen LogP contribution in [-0.2, 0) is 0 Å².